The monoisotopic (exact) mass is 263 g/mol. The highest BCUT2D eigenvalue weighted by Gasteiger charge is 2.21. The van der Waals surface area contributed by atoms with Crippen molar-refractivity contribution in [3.8, 4) is 0 Å². The Morgan fingerprint density at radius 2 is 1.95 bits per heavy atom. The molecule has 0 aliphatic carbocycles. The Kier molecular flexibility index (Phi) is 4.63. The number of para-hydroxylation sites is 1. The number of hydrogen-bond donors (Lipinski definition) is 1. The van der Waals surface area contributed by atoms with Crippen molar-refractivity contribution >= 4 is 11.8 Å². The summed E-state index contributed by atoms with van der Waals surface area (Å²) in [5, 5.41) is 0. The Balaban J connectivity index is 1.84. The number of carbonyl (C=O) groups is 1. The van der Waals surface area contributed by atoms with E-state index >= 15 is 0 Å². The highest BCUT2D eigenvalue weighted by Crippen LogP contribution is 2.15. The van der Waals surface area contributed by atoms with Crippen LogP contribution in [0.5, 0.6) is 0 Å². The Labute approximate surface area is 113 Å². The SMILES string of the molecule is CCOC(=O)N1CCN(Cc2ccccc2N)CC1. The fourth-order valence-corrected chi connectivity index (χ4v) is 2.22. The van der Waals surface area contributed by atoms with Gasteiger partial charge in [0.05, 0.1) is 6.61 Å². The third kappa shape index (κ3) is 3.61. The molecule has 1 aliphatic heterocycles. The van der Waals surface area contributed by atoms with Gasteiger partial charge in [-0.2, -0.15) is 0 Å². The van der Waals surface area contributed by atoms with Crippen molar-refractivity contribution in [2.75, 3.05) is 38.5 Å². The summed E-state index contributed by atoms with van der Waals surface area (Å²) in [7, 11) is 0. The van der Waals surface area contributed by atoms with Crippen LogP contribution in [0.4, 0.5) is 10.5 Å². The number of benzene rings is 1. The number of anilines is 1. The number of nitrogens with two attached hydrogens (primary N) is 1. The molecule has 1 heterocycles. The molecule has 0 atom stereocenters. The molecule has 0 unspecified atom stereocenters. The van der Waals surface area contributed by atoms with Crippen LogP contribution in [0.3, 0.4) is 0 Å². The first-order chi connectivity index (χ1) is 9.20. The van der Waals surface area contributed by atoms with Crippen molar-refractivity contribution in [3.63, 3.8) is 0 Å². The first kappa shape index (κ1) is 13.7. The van der Waals surface area contributed by atoms with Crippen molar-refractivity contribution in [3.05, 3.63) is 29.8 Å². The molecule has 5 nitrogen and oxygen atoms in total. The van der Waals surface area contributed by atoms with Crippen LogP contribution in [0.15, 0.2) is 24.3 Å². The number of piperazine rings is 1. The second-order valence-electron chi connectivity index (χ2n) is 4.66. The lowest BCUT2D eigenvalue weighted by Crippen LogP contribution is -2.48. The van der Waals surface area contributed by atoms with E-state index < -0.39 is 0 Å². The smallest absolute Gasteiger partial charge is 0.409 e. The molecule has 1 aromatic rings. The Morgan fingerprint density at radius 1 is 1.26 bits per heavy atom. The summed E-state index contributed by atoms with van der Waals surface area (Å²) >= 11 is 0. The molecule has 19 heavy (non-hydrogen) atoms. The molecule has 1 fully saturated rings. The third-order valence-electron chi connectivity index (χ3n) is 3.35. The summed E-state index contributed by atoms with van der Waals surface area (Å²) in [6.45, 7) is 6.23. The maximum atomic E-state index is 11.6. The highest BCUT2D eigenvalue weighted by atomic mass is 16.6. The minimum absolute atomic E-state index is 0.207. The van der Waals surface area contributed by atoms with Gasteiger partial charge in [0.2, 0.25) is 0 Å². The van der Waals surface area contributed by atoms with Crippen LogP contribution in [-0.2, 0) is 11.3 Å². The van der Waals surface area contributed by atoms with Crippen molar-refractivity contribution in [2.24, 2.45) is 0 Å². The van der Waals surface area contributed by atoms with Gasteiger partial charge in [-0.1, -0.05) is 18.2 Å². The fourth-order valence-electron chi connectivity index (χ4n) is 2.22. The quantitative estimate of drug-likeness (QED) is 0.840. The zero-order valence-corrected chi connectivity index (χ0v) is 11.3. The van der Waals surface area contributed by atoms with Gasteiger partial charge in [-0.05, 0) is 18.6 Å². The van der Waals surface area contributed by atoms with Gasteiger partial charge in [-0.3, -0.25) is 4.90 Å². The van der Waals surface area contributed by atoms with E-state index in [0.717, 1.165) is 30.9 Å². The Hall–Kier alpha value is -1.75. The second kappa shape index (κ2) is 6.43. The minimum Gasteiger partial charge on any atom is -0.450 e. The number of rotatable bonds is 3. The van der Waals surface area contributed by atoms with Crippen molar-refractivity contribution in [2.45, 2.75) is 13.5 Å². The Morgan fingerprint density at radius 3 is 2.58 bits per heavy atom. The molecular weight excluding hydrogens is 242 g/mol. The standard InChI is InChI=1S/C14H21N3O2/c1-2-19-14(18)17-9-7-16(8-10-17)11-12-5-3-4-6-13(12)15/h3-6H,2,7-11,15H2,1H3. The van der Waals surface area contributed by atoms with E-state index in [9.17, 15) is 4.79 Å². The van der Waals surface area contributed by atoms with Crippen LogP contribution in [0.1, 0.15) is 12.5 Å². The molecule has 0 bridgehead atoms. The summed E-state index contributed by atoms with van der Waals surface area (Å²) in [6.07, 6.45) is -0.207. The summed E-state index contributed by atoms with van der Waals surface area (Å²) < 4.78 is 5.00. The molecule has 1 aromatic carbocycles. The number of nitrogens with zero attached hydrogens (tertiary/aromatic N) is 2. The van der Waals surface area contributed by atoms with Crippen molar-refractivity contribution < 1.29 is 9.53 Å². The van der Waals surface area contributed by atoms with Gasteiger partial charge in [0.1, 0.15) is 0 Å². The maximum Gasteiger partial charge on any atom is 0.409 e. The topological polar surface area (TPSA) is 58.8 Å². The number of amides is 1. The molecule has 2 N–H and O–H groups in total. The molecular formula is C14H21N3O2. The van der Waals surface area contributed by atoms with E-state index in [1.165, 1.54) is 0 Å². The van der Waals surface area contributed by atoms with Gasteiger partial charge in [0.25, 0.3) is 0 Å². The molecule has 0 radical (unpaired) electrons. The Bertz CT molecular complexity index is 428. The van der Waals surface area contributed by atoms with Gasteiger partial charge < -0.3 is 15.4 Å². The summed E-state index contributed by atoms with van der Waals surface area (Å²) in [6, 6.07) is 7.91. The van der Waals surface area contributed by atoms with Crippen molar-refractivity contribution in [1.82, 2.24) is 9.80 Å². The highest BCUT2D eigenvalue weighted by molar-refractivity contribution is 5.67. The van der Waals surface area contributed by atoms with Crippen LogP contribution < -0.4 is 5.73 Å². The molecule has 0 aromatic heterocycles. The summed E-state index contributed by atoms with van der Waals surface area (Å²) in [4.78, 5) is 15.6. The number of nitrogen functional groups attached to an aromatic ring is 1. The van der Waals surface area contributed by atoms with Crippen molar-refractivity contribution in [1.29, 1.82) is 0 Å². The molecule has 1 saturated heterocycles. The predicted molar refractivity (Wildman–Crippen MR) is 74.7 cm³/mol. The number of hydrogen-bond acceptors (Lipinski definition) is 4. The molecule has 1 amide bonds. The van der Waals surface area contributed by atoms with Gasteiger partial charge in [-0.15, -0.1) is 0 Å². The van der Waals surface area contributed by atoms with Gasteiger partial charge in [-0.25, -0.2) is 4.79 Å². The number of carbonyl (C=O) groups excluding carboxylic acids is 1. The average molecular weight is 263 g/mol. The van der Waals surface area contributed by atoms with Crippen LogP contribution in [0, 0.1) is 0 Å². The van der Waals surface area contributed by atoms with Crippen LogP contribution in [-0.4, -0.2) is 48.7 Å². The average Bonchev–Trinajstić information content (AvgIpc) is 2.42. The first-order valence-electron chi connectivity index (χ1n) is 6.68. The van der Waals surface area contributed by atoms with E-state index in [4.69, 9.17) is 10.5 Å². The maximum absolute atomic E-state index is 11.6. The van der Waals surface area contributed by atoms with Gasteiger partial charge >= 0.3 is 6.09 Å². The van der Waals surface area contributed by atoms with Crippen LogP contribution >= 0.6 is 0 Å². The lowest BCUT2D eigenvalue weighted by Gasteiger charge is -2.34. The fraction of sp³-hybridized carbons (Fsp3) is 0.500. The van der Waals surface area contributed by atoms with E-state index in [0.29, 0.717) is 19.7 Å². The number of ether oxygens (including phenoxy) is 1. The second-order valence-corrected chi connectivity index (χ2v) is 4.66. The molecule has 1 aliphatic rings. The van der Waals surface area contributed by atoms with E-state index in [1.807, 2.05) is 31.2 Å². The largest absolute Gasteiger partial charge is 0.450 e. The zero-order chi connectivity index (χ0) is 13.7. The predicted octanol–water partition coefficient (Wildman–Crippen LogP) is 1.54. The molecule has 5 heteroatoms. The van der Waals surface area contributed by atoms with E-state index in [-0.39, 0.29) is 6.09 Å². The molecule has 2 rings (SSSR count). The first-order valence-corrected chi connectivity index (χ1v) is 6.68. The van der Waals surface area contributed by atoms with Gasteiger partial charge in [0.15, 0.2) is 0 Å². The van der Waals surface area contributed by atoms with Crippen LogP contribution in [0.2, 0.25) is 0 Å². The normalized spacial score (nSPS) is 16.4. The lowest BCUT2D eigenvalue weighted by molar-refractivity contribution is 0.0779. The van der Waals surface area contributed by atoms with Gasteiger partial charge in [0, 0.05) is 38.4 Å². The molecule has 104 valence electrons. The van der Waals surface area contributed by atoms with Crippen LogP contribution in [0.25, 0.3) is 0 Å². The van der Waals surface area contributed by atoms with E-state index in [2.05, 4.69) is 4.90 Å². The minimum atomic E-state index is -0.207. The molecule has 0 spiro atoms. The molecule has 0 saturated carbocycles. The summed E-state index contributed by atoms with van der Waals surface area (Å²) in [5.74, 6) is 0. The lowest BCUT2D eigenvalue weighted by atomic mass is 10.1. The summed E-state index contributed by atoms with van der Waals surface area (Å²) in [5.41, 5.74) is 7.92. The third-order valence-corrected chi connectivity index (χ3v) is 3.35. The van der Waals surface area contributed by atoms with E-state index in [1.54, 1.807) is 4.90 Å². The zero-order valence-electron chi connectivity index (χ0n) is 11.3.